The number of hydrogen-bond donors (Lipinski definition) is 1. The van der Waals surface area contributed by atoms with Crippen molar-refractivity contribution in [3.05, 3.63) is 33.8 Å². The molecule has 0 saturated carbocycles. The van der Waals surface area contributed by atoms with Gasteiger partial charge in [-0.3, -0.25) is 4.79 Å². The molecule has 1 aromatic rings. The second-order valence-corrected chi connectivity index (χ2v) is 5.11. The van der Waals surface area contributed by atoms with Crippen molar-refractivity contribution in [2.45, 2.75) is 6.18 Å². The molecule has 1 amide bonds. The third-order valence-corrected chi connectivity index (χ3v) is 3.23. The molecule has 21 heavy (non-hydrogen) atoms. The van der Waals surface area contributed by atoms with Crippen LogP contribution in [0.5, 0.6) is 0 Å². The summed E-state index contributed by atoms with van der Waals surface area (Å²) >= 11 is 2.96. The van der Waals surface area contributed by atoms with Crippen LogP contribution in [0.25, 0.3) is 0 Å². The van der Waals surface area contributed by atoms with Crippen LogP contribution >= 0.6 is 15.9 Å². The molecule has 0 saturated heterocycles. The van der Waals surface area contributed by atoms with Crippen LogP contribution < -0.4 is 0 Å². The number of nitrogens with zero attached hydrogens (tertiary/aromatic N) is 1. The molecule has 0 aliphatic carbocycles. The highest BCUT2D eigenvalue weighted by Gasteiger charge is 2.36. The van der Waals surface area contributed by atoms with Crippen LogP contribution in [-0.4, -0.2) is 49.3 Å². The Bertz CT molecular complexity index is 494. The van der Waals surface area contributed by atoms with Gasteiger partial charge < -0.3 is 14.7 Å². The first-order chi connectivity index (χ1) is 9.81. The Morgan fingerprint density at radius 2 is 2.05 bits per heavy atom. The highest BCUT2D eigenvalue weighted by atomic mass is 79.9. The standard InChI is InChI=1S/C13H15BrF3NO3/c1-21-7-5-18(4-6-19)12(20)10-3-2-9(14)8-11(10)13(15,16)17/h2-3,8,19H,4-7H2,1H3. The molecule has 0 aliphatic heterocycles. The first kappa shape index (κ1) is 17.9. The van der Waals surface area contributed by atoms with Crippen LogP contribution in [0.4, 0.5) is 13.2 Å². The molecular weight excluding hydrogens is 355 g/mol. The number of rotatable bonds is 6. The van der Waals surface area contributed by atoms with E-state index in [2.05, 4.69) is 15.9 Å². The van der Waals surface area contributed by atoms with E-state index < -0.39 is 23.2 Å². The Balaban J connectivity index is 3.15. The number of carbonyl (C=O) groups is 1. The Hall–Kier alpha value is -1.12. The van der Waals surface area contributed by atoms with Crippen LogP contribution in [0.3, 0.4) is 0 Å². The van der Waals surface area contributed by atoms with Crippen molar-refractivity contribution in [2.75, 3.05) is 33.4 Å². The molecule has 8 heteroatoms. The fourth-order valence-corrected chi connectivity index (χ4v) is 2.11. The lowest BCUT2D eigenvalue weighted by atomic mass is 10.1. The molecule has 0 bridgehead atoms. The van der Waals surface area contributed by atoms with Gasteiger partial charge in [0.2, 0.25) is 0 Å². The van der Waals surface area contributed by atoms with Gasteiger partial charge in [-0.05, 0) is 18.2 Å². The van der Waals surface area contributed by atoms with Gasteiger partial charge in [0, 0.05) is 24.7 Å². The van der Waals surface area contributed by atoms with Crippen molar-refractivity contribution >= 4 is 21.8 Å². The van der Waals surface area contributed by atoms with E-state index in [1.54, 1.807) is 0 Å². The van der Waals surface area contributed by atoms with E-state index in [1.807, 2.05) is 0 Å². The molecule has 0 atom stereocenters. The van der Waals surface area contributed by atoms with Crippen LogP contribution in [0, 0.1) is 0 Å². The average molecular weight is 370 g/mol. The predicted molar refractivity (Wildman–Crippen MR) is 74.0 cm³/mol. The van der Waals surface area contributed by atoms with Crippen molar-refractivity contribution in [1.29, 1.82) is 0 Å². The predicted octanol–water partition coefficient (Wildman–Crippen LogP) is 2.55. The van der Waals surface area contributed by atoms with Gasteiger partial charge in [-0.1, -0.05) is 15.9 Å². The van der Waals surface area contributed by atoms with Crippen LogP contribution in [0.2, 0.25) is 0 Å². The fraction of sp³-hybridized carbons (Fsp3) is 0.462. The molecule has 1 N–H and O–H groups in total. The molecule has 0 aromatic heterocycles. The van der Waals surface area contributed by atoms with Gasteiger partial charge in [0.25, 0.3) is 5.91 Å². The number of benzene rings is 1. The van der Waals surface area contributed by atoms with E-state index in [9.17, 15) is 18.0 Å². The number of aliphatic hydroxyl groups is 1. The van der Waals surface area contributed by atoms with Gasteiger partial charge >= 0.3 is 6.18 Å². The molecule has 0 aliphatic rings. The summed E-state index contributed by atoms with van der Waals surface area (Å²) in [6, 6.07) is 3.35. The zero-order valence-corrected chi connectivity index (χ0v) is 12.9. The second kappa shape index (κ2) is 7.77. The Labute approximate surface area is 128 Å². The zero-order valence-electron chi connectivity index (χ0n) is 11.3. The first-order valence-electron chi connectivity index (χ1n) is 6.07. The minimum absolute atomic E-state index is 0.0600. The number of amides is 1. The van der Waals surface area contributed by atoms with Gasteiger partial charge in [0.1, 0.15) is 0 Å². The van der Waals surface area contributed by atoms with Gasteiger partial charge in [-0.25, -0.2) is 0 Å². The summed E-state index contributed by atoms with van der Waals surface area (Å²) in [7, 11) is 1.42. The number of halogens is 4. The topological polar surface area (TPSA) is 49.8 Å². The number of carbonyl (C=O) groups excluding carboxylic acids is 1. The van der Waals surface area contributed by atoms with E-state index in [1.165, 1.54) is 13.2 Å². The maximum atomic E-state index is 13.0. The SMILES string of the molecule is COCCN(CCO)C(=O)c1ccc(Br)cc1C(F)(F)F. The lowest BCUT2D eigenvalue weighted by Gasteiger charge is -2.23. The summed E-state index contributed by atoms with van der Waals surface area (Å²) < 4.78 is 44.1. The summed E-state index contributed by atoms with van der Waals surface area (Å²) in [5.41, 5.74) is -1.46. The van der Waals surface area contributed by atoms with Crippen LogP contribution in [0.15, 0.2) is 22.7 Å². The van der Waals surface area contributed by atoms with E-state index in [0.717, 1.165) is 17.0 Å². The number of alkyl halides is 3. The molecule has 1 rings (SSSR count). The number of hydrogen-bond acceptors (Lipinski definition) is 3. The summed E-state index contributed by atoms with van der Waals surface area (Å²) in [5.74, 6) is -0.791. The normalized spacial score (nSPS) is 11.5. The maximum Gasteiger partial charge on any atom is 0.417 e. The summed E-state index contributed by atoms with van der Waals surface area (Å²) in [4.78, 5) is 13.4. The Kier molecular flexibility index (Phi) is 6.63. The molecule has 0 unspecified atom stereocenters. The molecule has 118 valence electrons. The smallest absolute Gasteiger partial charge is 0.395 e. The summed E-state index contributed by atoms with van der Waals surface area (Å²) in [5, 5.41) is 8.94. The van der Waals surface area contributed by atoms with Gasteiger partial charge in [0.05, 0.1) is 24.3 Å². The number of aliphatic hydroxyl groups excluding tert-OH is 1. The van der Waals surface area contributed by atoms with E-state index in [4.69, 9.17) is 9.84 Å². The van der Waals surface area contributed by atoms with Gasteiger partial charge in [0.15, 0.2) is 0 Å². The molecule has 0 spiro atoms. The Morgan fingerprint density at radius 3 is 2.57 bits per heavy atom. The number of ether oxygens (including phenoxy) is 1. The van der Waals surface area contributed by atoms with Crippen molar-refractivity contribution in [3.63, 3.8) is 0 Å². The van der Waals surface area contributed by atoms with Crippen LogP contribution in [0.1, 0.15) is 15.9 Å². The van der Waals surface area contributed by atoms with Crippen LogP contribution in [-0.2, 0) is 10.9 Å². The lowest BCUT2D eigenvalue weighted by Crippen LogP contribution is -2.37. The minimum Gasteiger partial charge on any atom is -0.395 e. The molecule has 0 radical (unpaired) electrons. The lowest BCUT2D eigenvalue weighted by molar-refractivity contribution is -0.138. The average Bonchev–Trinajstić information content (AvgIpc) is 2.41. The molecule has 0 fully saturated rings. The highest BCUT2D eigenvalue weighted by molar-refractivity contribution is 9.10. The monoisotopic (exact) mass is 369 g/mol. The van der Waals surface area contributed by atoms with E-state index in [0.29, 0.717) is 0 Å². The zero-order chi connectivity index (χ0) is 16.0. The molecule has 0 heterocycles. The largest absolute Gasteiger partial charge is 0.417 e. The summed E-state index contributed by atoms with van der Waals surface area (Å²) in [6.07, 6.45) is -4.64. The van der Waals surface area contributed by atoms with E-state index in [-0.39, 0.29) is 30.8 Å². The number of methoxy groups -OCH3 is 1. The third kappa shape index (κ3) is 4.98. The van der Waals surface area contributed by atoms with Crippen molar-refractivity contribution < 1.29 is 27.8 Å². The Morgan fingerprint density at radius 1 is 1.38 bits per heavy atom. The summed E-state index contributed by atoms with van der Waals surface area (Å²) in [6.45, 7) is -0.129. The van der Waals surface area contributed by atoms with Gasteiger partial charge in [-0.2, -0.15) is 13.2 Å². The highest BCUT2D eigenvalue weighted by Crippen LogP contribution is 2.34. The van der Waals surface area contributed by atoms with Crippen molar-refractivity contribution in [1.82, 2.24) is 4.90 Å². The minimum atomic E-state index is -4.64. The van der Waals surface area contributed by atoms with E-state index >= 15 is 0 Å². The maximum absolute atomic E-state index is 13.0. The van der Waals surface area contributed by atoms with Crippen molar-refractivity contribution in [3.8, 4) is 0 Å². The van der Waals surface area contributed by atoms with Crippen molar-refractivity contribution in [2.24, 2.45) is 0 Å². The molecule has 4 nitrogen and oxygen atoms in total. The fourth-order valence-electron chi connectivity index (χ4n) is 1.74. The second-order valence-electron chi connectivity index (χ2n) is 4.20. The van der Waals surface area contributed by atoms with Gasteiger partial charge in [-0.15, -0.1) is 0 Å². The molecule has 1 aromatic carbocycles. The quantitative estimate of drug-likeness (QED) is 0.838. The molecular formula is C13H15BrF3NO3. The first-order valence-corrected chi connectivity index (χ1v) is 6.86. The third-order valence-electron chi connectivity index (χ3n) is 2.74.